The Hall–Kier alpha value is -2.07. The van der Waals surface area contributed by atoms with E-state index in [4.69, 9.17) is 0 Å². The minimum Gasteiger partial charge on any atom is -0.508 e. The summed E-state index contributed by atoms with van der Waals surface area (Å²) >= 11 is 0. The molecule has 1 fully saturated rings. The van der Waals surface area contributed by atoms with Gasteiger partial charge >= 0.3 is 0 Å². The van der Waals surface area contributed by atoms with Crippen LogP contribution in [0, 0.1) is 5.82 Å². The second-order valence-electron chi connectivity index (χ2n) is 5.56. The number of aromatic hydroxyl groups is 1. The largest absolute Gasteiger partial charge is 0.508 e. The standard InChI is InChI=1S/C17H19FN2O/c18-15-3-1-2-14(12-15)13-19-8-10-20(11-9-19)16-4-6-17(21)7-5-16/h1-7,12,21H,8-11,13H2/p+1. The highest BCUT2D eigenvalue weighted by molar-refractivity contribution is 5.48. The maximum atomic E-state index is 13.2. The van der Waals surface area contributed by atoms with Crippen LogP contribution >= 0.6 is 0 Å². The van der Waals surface area contributed by atoms with Crippen molar-refractivity contribution in [1.82, 2.24) is 0 Å². The maximum Gasteiger partial charge on any atom is 0.123 e. The number of nitrogens with zero attached hydrogens (tertiary/aromatic N) is 1. The lowest BCUT2D eigenvalue weighted by Crippen LogP contribution is -3.13. The van der Waals surface area contributed by atoms with Crippen molar-refractivity contribution in [3.05, 3.63) is 59.9 Å². The third-order valence-corrected chi connectivity index (χ3v) is 4.03. The summed E-state index contributed by atoms with van der Waals surface area (Å²) in [7, 11) is 0. The van der Waals surface area contributed by atoms with Crippen LogP contribution in [-0.4, -0.2) is 31.3 Å². The van der Waals surface area contributed by atoms with Gasteiger partial charge in [-0.2, -0.15) is 0 Å². The molecule has 2 aromatic rings. The van der Waals surface area contributed by atoms with E-state index in [-0.39, 0.29) is 5.82 Å². The van der Waals surface area contributed by atoms with E-state index in [9.17, 15) is 9.50 Å². The van der Waals surface area contributed by atoms with E-state index in [1.807, 2.05) is 18.2 Å². The molecule has 0 aromatic heterocycles. The van der Waals surface area contributed by atoms with Gasteiger partial charge in [0.2, 0.25) is 0 Å². The number of halogens is 1. The molecule has 1 saturated heterocycles. The molecule has 1 heterocycles. The number of piperazine rings is 1. The van der Waals surface area contributed by atoms with Gasteiger partial charge < -0.3 is 14.9 Å². The highest BCUT2D eigenvalue weighted by Gasteiger charge is 2.20. The molecule has 0 bridgehead atoms. The summed E-state index contributed by atoms with van der Waals surface area (Å²) in [4.78, 5) is 3.81. The number of phenols is 1. The summed E-state index contributed by atoms with van der Waals surface area (Å²) in [5.41, 5.74) is 2.21. The molecule has 0 aliphatic carbocycles. The van der Waals surface area contributed by atoms with Gasteiger partial charge in [-0.25, -0.2) is 4.39 Å². The van der Waals surface area contributed by atoms with Crippen molar-refractivity contribution in [3.8, 4) is 5.75 Å². The number of benzene rings is 2. The summed E-state index contributed by atoms with van der Waals surface area (Å²) in [5, 5.41) is 9.33. The molecular weight excluding hydrogens is 267 g/mol. The third kappa shape index (κ3) is 3.52. The normalized spacial score (nSPS) is 16.1. The zero-order chi connectivity index (χ0) is 14.7. The molecule has 21 heavy (non-hydrogen) atoms. The van der Waals surface area contributed by atoms with Crippen molar-refractivity contribution in [3.63, 3.8) is 0 Å². The van der Waals surface area contributed by atoms with Crippen LogP contribution in [0.5, 0.6) is 5.75 Å². The quantitative estimate of drug-likeness (QED) is 0.894. The molecule has 1 aliphatic heterocycles. The molecule has 0 atom stereocenters. The molecule has 0 unspecified atom stereocenters. The highest BCUT2D eigenvalue weighted by atomic mass is 19.1. The average Bonchev–Trinajstić information content (AvgIpc) is 2.49. The first-order chi connectivity index (χ1) is 10.2. The molecule has 2 N–H and O–H groups in total. The molecule has 1 aliphatic rings. The molecule has 0 saturated carbocycles. The van der Waals surface area contributed by atoms with E-state index < -0.39 is 0 Å². The molecule has 4 heteroatoms. The number of hydrogen-bond donors (Lipinski definition) is 2. The van der Waals surface area contributed by atoms with Crippen molar-refractivity contribution in [2.24, 2.45) is 0 Å². The van der Waals surface area contributed by atoms with Gasteiger partial charge in [-0.3, -0.25) is 0 Å². The number of nitrogens with one attached hydrogen (secondary N) is 1. The second kappa shape index (κ2) is 6.14. The Morgan fingerprint density at radius 1 is 1.05 bits per heavy atom. The fraction of sp³-hybridized carbons (Fsp3) is 0.294. The van der Waals surface area contributed by atoms with Gasteiger partial charge in [0, 0.05) is 11.3 Å². The van der Waals surface area contributed by atoms with E-state index in [0.29, 0.717) is 5.75 Å². The number of quaternary nitrogens is 1. The van der Waals surface area contributed by atoms with E-state index >= 15 is 0 Å². The Labute approximate surface area is 124 Å². The summed E-state index contributed by atoms with van der Waals surface area (Å²) < 4.78 is 13.2. The topological polar surface area (TPSA) is 27.9 Å². The van der Waals surface area contributed by atoms with Gasteiger partial charge in [0.15, 0.2) is 0 Å². The van der Waals surface area contributed by atoms with Gasteiger partial charge in [0.1, 0.15) is 18.1 Å². The van der Waals surface area contributed by atoms with Crippen molar-refractivity contribution in [2.75, 3.05) is 31.1 Å². The van der Waals surface area contributed by atoms with Gasteiger partial charge in [-0.05, 0) is 36.4 Å². The van der Waals surface area contributed by atoms with E-state index in [0.717, 1.165) is 44.0 Å². The Morgan fingerprint density at radius 2 is 1.76 bits per heavy atom. The summed E-state index contributed by atoms with van der Waals surface area (Å²) in [6.07, 6.45) is 0. The Balaban J connectivity index is 1.56. The van der Waals surface area contributed by atoms with Gasteiger partial charge in [-0.15, -0.1) is 0 Å². The monoisotopic (exact) mass is 287 g/mol. The first-order valence-corrected chi connectivity index (χ1v) is 7.33. The predicted molar refractivity (Wildman–Crippen MR) is 81.1 cm³/mol. The molecule has 110 valence electrons. The van der Waals surface area contributed by atoms with Crippen molar-refractivity contribution >= 4 is 5.69 Å². The van der Waals surface area contributed by atoms with Crippen LogP contribution in [0.15, 0.2) is 48.5 Å². The Bertz CT molecular complexity index is 592. The van der Waals surface area contributed by atoms with Gasteiger partial charge in [0.25, 0.3) is 0 Å². The molecule has 0 spiro atoms. The Kier molecular flexibility index (Phi) is 4.06. The first kappa shape index (κ1) is 13.9. The zero-order valence-corrected chi connectivity index (χ0v) is 11.9. The number of phenolic OH excluding ortho intramolecular Hbond substituents is 1. The zero-order valence-electron chi connectivity index (χ0n) is 11.9. The fourth-order valence-corrected chi connectivity index (χ4v) is 2.86. The molecule has 0 amide bonds. The van der Waals surface area contributed by atoms with Crippen LogP contribution < -0.4 is 9.80 Å². The van der Waals surface area contributed by atoms with Crippen LogP contribution in [-0.2, 0) is 6.54 Å². The number of hydrogen-bond acceptors (Lipinski definition) is 2. The smallest absolute Gasteiger partial charge is 0.123 e. The molecule has 2 aromatic carbocycles. The predicted octanol–water partition coefficient (Wildman–Crippen LogP) is 1.44. The molecular formula is C17H20FN2O+. The van der Waals surface area contributed by atoms with E-state index in [1.165, 1.54) is 11.0 Å². The summed E-state index contributed by atoms with van der Waals surface area (Å²) in [6, 6.07) is 14.2. The van der Waals surface area contributed by atoms with Crippen molar-refractivity contribution in [1.29, 1.82) is 0 Å². The van der Waals surface area contributed by atoms with Crippen molar-refractivity contribution in [2.45, 2.75) is 6.54 Å². The SMILES string of the molecule is Oc1ccc(N2CC[NH+](Cc3cccc(F)c3)CC2)cc1. The minimum absolute atomic E-state index is 0.158. The summed E-state index contributed by atoms with van der Waals surface area (Å²) in [5.74, 6) is 0.142. The second-order valence-corrected chi connectivity index (χ2v) is 5.56. The van der Waals surface area contributed by atoms with E-state index in [2.05, 4.69) is 4.90 Å². The van der Waals surface area contributed by atoms with Crippen molar-refractivity contribution < 1.29 is 14.4 Å². The van der Waals surface area contributed by atoms with Crippen LogP contribution in [0.2, 0.25) is 0 Å². The summed E-state index contributed by atoms with van der Waals surface area (Å²) in [6.45, 7) is 4.92. The minimum atomic E-state index is -0.158. The lowest BCUT2D eigenvalue weighted by Gasteiger charge is -2.33. The fourth-order valence-electron chi connectivity index (χ4n) is 2.86. The Morgan fingerprint density at radius 3 is 2.43 bits per heavy atom. The van der Waals surface area contributed by atoms with Gasteiger partial charge in [0.05, 0.1) is 26.2 Å². The third-order valence-electron chi connectivity index (χ3n) is 4.03. The highest BCUT2D eigenvalue weighted by Crippen LogP contribution is 2.18. The first-order valence-electron chi connectivity index (χ1n) is 7.33. The van der Waals surface area contributed by atoms with Crippen LogP contribution in [0.4, 0.5) is 10.1 Å². The van der Waals surface area contributed by atoms with Crippen LogP contribution in [0.1, 0.15) is 5.56 Å². The lowest BCUT2D eigenvalue weighted by atomic mass is 10.2. The lowest BCUT2D eigenvalue weighted by molar-refractivity contribution is -0.914. The number of anilines is 1. The number of rotatable bonds is 3. The molecule has 3 rings (SSSR count). The van der Waals surface area contributed by atoms with E-state index in [1.54, 1.807) is 24.3 Å². The molecule has 0 radical (unpaired) electrons. The van der Waals surface area contributed by atoms with Crippen LogP contribution in [0.25, 0.3) is 0 Å². The van der Waals surface area contributed by atoms with Crippen LogP contribution in [0.3, 0.4) is 0 Å². The average molecular weight is 287 g/mol. The maximum absolute atomic E-state index is 13.2. The molecule has 3 nitrogen and oxygen atoms in total. The van der Waals surface area contributed by atoms with Gasteiger partial charge in [-0.1, -0.05) is 12.1 Å².